The van der Waals surface area contributed by atoms with Gasteiger partial charge in [0.15, 0.2) is 0 Å². The quantitative estimate of drug-likeness (QED) is 0.780. The summed E-state index contributed by atoms with van der Waals surface area (Å²) in [7, 11) is 1.55. The van der Waals surface area contributed by atoms with Crippen molar-refractivity contribution in [2.24, 2.45) is 0 Å². The molecule has 1 atom stereocenters. The largest absolute Gasteiger partial charge is 0.343 e. The van der Waals surface area contributed by atoms with Gasteiger partial charge in [-0.15, -0.1) is 0 Å². The van der Waals surface area contributed by atoms with E-state index in [-0.39, 0.29) is 24.3 Å². The molecule has 108 valence electrons. The smallest absolute Gasteiger partial charge is 0.244 e. The molecule has 1 aliphatic rings. The molecule has 1 rings (SSSR count). The van der Waals surface area contributed by atoms with Gasteiger partial charge in [0, 0.05) is 27.1 Å². The van der Waals surface area contributed by atoms with E-state index in [2.05, 4.69) is 5.32 Å². The van der Waals surface area contributed by atoms with Crippen LogP contribution in [-0.4, -0.2) is 60.2 Å². The van der Waals surface area contributed by atoms with Crippen molar-refractivity contribution in [3.63, 3.8) is 0 Å². The summed E-state index contributed by atoms with van der Waals surface area (Å²) in [6, 6.07) is -0.536. The molecular formula is C13H23N3O3. The fourth-order valence-corrected chi connectivity index (χ4v) is 2.06. The Bertz CT molecular complexity index is 351. The van der Waals surface area contributed by atoms with Gasteiger partial charge in [-0.1, -0.05) is 0 Å². The lowest BCUT2D eigenvalue weighted by Crippen LogP contribution is -2.50. The fourth-order valence-electron chi connectivity index (χ4n) is 2.06. The molecule has 0 aromatic heterocycles. The summed E-state index contributed by atoms with van der Waals surface area (Å²) in [5.41, 5.74) is 0. The second-order valence-corrected chi connectivity index (χ2v) is 5.05. The van der Waals surface area contributed by atoms with E-state index in [0.29, 0.717) is 0 Å². The number of hydrogen-bond donors (Lipinski definition) is 1. The van der Waals surface area contributed by atoms with Crippen LogP contribution < -0.4 is 5.32 Å². The van der Waals surface area contributed by atoms with Gasteiger partial charge in [-0.25, -0.2) is 0 Å². The number of nitrogens with one attached hydrogen (secondary N) is 1. The summed E-state index contributed by atoms with van der Waals surface area (Å²) in [6.45, 7) is 4.60. The molecule has 0 radical (unpaired) electrons. The zero-order chi connectivity index (χ0) is 14.4. The first-order chi connectivity index (χ1) is 8.91. The van der Waals surface area contributed by atoms with Crippen LogP contribution >= 0.6 is 0 Å². The highest BCUT2D eigenvalue weighted by atomic mass is 16.2. The Morgan fingerprint density at radius 3 is 2.32 bits per heavy atom. The molecule has 3 amide bonds. The van der Waals surface area contributed by atoms with Crippen molar-refractivity contribution in [3.05, 3.63) is 0 Å². The van der Waals surface area contributed by atoms with Crippen LogP contribution in [0.25, 0.3) is 0 Å². The van der Waals surface area contributed by atoms with Crippen molar-refractivity contribution in [1.29, 1.82) is 0 Å². The molecule has 0 spiro atoms. The number of amides is 3. The lowest BCUT2D eigenvalue weighted by atomic mass is 10.1. The molecule has 0 unspecified atom stereocenters. The van der Waals surface area contributed by atoms with Crippen molar-refractivity contribution >= 4 is 17.7 Å². The van der Waals surface area contributed by atoms with E-state index in [4.69, 9.17) is 0 Å². The van der Waals surface area contributed by atoms with E-state index in [1.807, 2.05) is 0 Å². The summed E-state index contributed by atoms with van der Waals surface area (Å²) in [5, 5.41) is 2.64. The van der Waals surface area contributed by atoms with Crippen molar-refractivity contribution < 1.29 is 14.4 Å². The van der Waals surface area contributed by atoms with Crippen LogP contribution in [0.3, 0.4) is 0 Å². The van der Waals surface area contributed by atoms with Crippen LogP contribution in [0.15, 0.2) is 0 Å². The first kappa shape index (κ1) is 15.5. The maximum absolute atomic E-state index is 12.1. The number of likely N-dealkylation sites (tertiary alicyclic amines) is 1. The van der Waals surface area contributed by atoms with E-state index in [1.165, 1.54) is 11.8 Å². The van der Waals surface area contributed by atoms with Crippen LogP contribution in [0.1, 0.15) is 33.1 Å². The molecule has 1 heterocycles. The number of rotatable bonds is 4. The molecule has 0 aliphatic carbocycles. The summed E-state index contributed by atoms with van der Waals surface area (Å²) in [4.78, 5) is 37.9. The van der Waals surface area contributed by atoms with Crippen molar-refractivity contribution in [2.45, 2.75) is 39.2 Å². The monoisotopic (exact) mass is 269 g/mol. The average molecular weight is 269 g/mol. The highest BCUT2D eigenvalue weighted by Crippen LogP contribution is 2.09. The molecule has 0 aromatic carbocycles. The maximum atomic E-state index is 12.1. The summed E-state index contributed by atoms with van der Waals surface area (Å²) in [5.74, 6) is -0.528. The minimum absolute atomic E-state index is 0.0209. The van der Waals surface area contributed by atoms with Crippen LogP contribution in [0.2, 0.25) is 0 Å². The zero-order valence-electron chi connectivity index (χ0n) is 11.9. The van der Waals surface area contributed by atoms with Gasteiger partial charge >= 0.3 is 0 Å². The minimum atomic E-state index is -0.536. The van der Waals surface area contributed by atoms with Crippen molar-refractivity contribution in [3.8, 4) is 0 Å². The van der Waals surface area contributed by atoms with Gasteiger partial charge < -0.3 is 15.1 Å². The number of hydrogen-bond acceptors (Lipinski definition) is 3. The summed E-state index contributed by atoms with van der Waals surface area (Å²) in [6.07, 6.45) is 3.22. The van der Waals surface area contributed by atoms with Gasteiger partial charge in [-0.2, -0.15) is 0 Å². The summed E-state index contributed by atoms with van der Waals surface area (Å²) < 4.78 is 0. The van der Waals surface area contributed by atoms with Gasteiger partial charge in [-0.3, -0.25) is 14.4 Å². The molecular weight excluding hydrogens is 246 g/mol. The molecule has 19 heavy (non-hydrogen) atoms. The van der Waals surface area contributed by atoms with Crippen LogP contribution in [0.4, 0.5) is 0 Å². The highest BCUT2D eigenvalue weighted by molar-refractivity contribution is 5.89. The Labute approximate surface area is 114 Å². The van der Waals surface area contributed by atoms with Crippen LogP contribution in [-0.2, 0) is 14.4 Å². The molecule has 6 nitrogen and oxygen atoms in total. The number of carbonyl (C=O) groups excluding carboxylic acids is 3. The number of likely N-dealkylation sites (N-methyl/N-ethyl adjacent to an activating group) is 1. The molecule has 1 aliphatic heterocycles. The standard InChI is InChI=1S/C13H23N3O3/c1-10(13(19)16-7-5-4-6-8-16)14-12(18)9-15(3)11(2)17/h10H,4-9H2,1-3H3,(H,14,18)/t10-/m0/s1. The second-order valence-electron chi connectivity index (χ2n) is 5.05. The third kappa shape index (κ3) is 4.89. The first-order valence-corrected chi connectivity index (χ1v) is 6.71. The Balaban J connectivity index is 2.40. The van der Waals surface area contributed by atoms with Gasteiger partial charge in [0.05, 0.1) is 6.54 Å². The molecule has 6 heteroatoms. The third-order valence-electron chi connectivity index (χ3n) is 3.33. The lowest BCUT2D eigenvalue weighted by Gasteiger charge is -2.29. The van der Waals surface area contributed by atoms with E-state index in [0.717, 1.165) is 32.4 Å². The molecule has 1 fully saturated rings. The number of piperidine rings is 1. The number of nitrogens with zero attached hydrogens (tertiary/aromatic N) is 2. The molecule has 1 saturated heterocycles. The Morgan fingerprint density at radius 1 is 1.21 bits per heavy atom. The predicted molar refractivity (Wildman–Crippen MR) is 71.3 cm³/mol. The summed E-state index contributed by atoms with van der Waals surface area (Å²) >= 11 is 0. The van der Waals surface area contributed by atoms with Crippen LogP contribution in [0.5, 0.6) is 0 Å². The Hall–Kier alpha value is -1.59. The lowest BCUT2D eigenvalue weighted by molar-refractivity contribution is -0.138. The van der Waals surface area contributed by atoms with Gasteiger partial charge in [-0.05, 0) is 26.2 Å². The highest BCUT2D eigenvalue weighted by Gasteiger charge is 2.23. The van der Waals surface area contributed by atoms with E-state index >= 15 is 0 Å². The van der Waals surface area contributed by atoms with Gasteiger partial charge in [0.2, 0.25) is 17.7 Å². The Morgan fingerprint density at radius 2 is 1.79 bits per heavy atom. The average Bonchev–Trinajstić information content (AvgIpc) is 2.38. The second kappa shape index (κ2) is 7.11. The van der Waals surface area contributed by atoms with Crippen molar-refractivity contribution in [1.82, 2.24) is 15.1 Å². The van der Waals surface area contributed by atoms with Crippen molar-refractivity contribution in [2.75, 3.05) is 26.7 Å². The van der Waals surface area contributed by atoms with E-state index in [9.17, 15) is 14.4 Å². The van der Waals surface area contributed by atoms with E-state index < -0.39 is 6.04 Å². The molecule has 0 saturated carbocycles. The molecule has 0 bridgehead atoms. The number of carbonyl (C=O) groups is 3. The fraction of sp³-hybridized carbons (Fsp3) is 0.769. The maximum Gasteiger partial charge on any atom is 0.244 e. The van der Waals surface area contributed by atoms with Gasteiger partial charge in [0.1, 0.15) is 6.04 Å². The zero-order valence-corrected chi connectivity index (χ0v) is 11.9. The molecule has 0 aromatic rings. The van der Waals surface area contributed by atoms with E-state index in [1.54, 1.807) is 18.9 Å². The van der Waals surface area contributed by atoms with Gasteiger partial charge in [0.25, 0.3) is 0 Å². The predicted octanol–water partition coefficient (Wildman–Crippen LogP) is -0.0181. The minimum Gasteiger partial charge on any atom is -0.343 e. The van der Waals surface area contributed by atoms with Crippen LogP contribution in [0, 0.1) is 0 Å². The molecule has 1 N–H and O–H groups in total. The Kier molecular flexibility index (Phi) is 5.79. The normalized spacial score (nSPS) is 16.7. The SMILES string of the molecule is CC(=O)N(C)CC(=O)N[C@@H](C)C(=O)N1CCCCC1. The third-order valence-corrected chi connectivity index (χ3v) is 3.33. The topological polar surface area (TPSA) is 69.7 Å². The first-order valence-electron chi connectivity index (χ1n) is 6.71.